The zero-order valence-corrected chi connectivity index (χ0v) is 11.5. The molecular formula is C14H19N3O2. The van der Waals surface area contributed by atoms with Gasteiger partial charge >= 0.3 is 0 Å². The Morgan fingerprint density at radius 1 is 1.42 bits per heavy atom. The summed E-state index contributed by atoms with van der Waals surface area (Å²) in [6, 6.07) is 5.89. The third-order valence-electron chi connectivity index (χ3n) is 2.99. The van der Waals surface area contributed by atoms with Gasteiger partial charge in [0.2, 0.25) is 11.7 Å². The van der Waals surface area contributed by atoms with Crippen LogP contribution in [0.25, 0.3) is 11.4 Å². The van der Waals surface area contributed by atoms with Gasteiger partial charge in [0.25, 0.3) is 0 Å². The molecule has 5 nitrogen and oxygen atoms in total. The van der Waals surface area contributed by atoms with E-state index in [0.29, 0.717) is 30.6 Å². The average molecular weight is 261 g/mol. The highest BCUT2D eigenvalue weighted by atomic mass is 16.5. The number of nitrogens with two attached hydrogens (primary N) is 1. The molecule has 0 amide bonds. The predicted octanol–water partition coefficient (Wildman–Crippen LogP) is 2.19. The Bertz CT molecular complexity index is 551. The van der Waals surface area contributed by atoms with Crippen molar-refractivity contribution in [3.8, 4) is 17.1 Å². The van der Waals surface area contributed by atoms with Crippen molar-refractivity contribution in [2.75, 3.05) is 13.7 Å². The van der Waals surface area contributed by atoms with Crippen LogP contribution in [-0.4, -0.2) is 23.8 Å². The molecule has 0 aliphatic rings. The van der Waals surface area contributed by atoms with Gasteiger partial charge < -0.3 is 15.0 Å². The van der Waals surface area contributed by atoms with E-state index in [1.54, 1.807) is 7.11 Å². The third-order valence-corrected chi connectivity index (χ3v) is 2.99. The van der Waals surface area contributed by atoms with Crippen molar-refractivity contribution in [2.45, 2.75) is 20.3 Å². The van der Waals surface area contributed by atoms with Gasteiger partial charge in [-0.15, -0.1) is 0 Å². The highest BCUT2D eigenvalue weighted by Crippen LogP contribution is 2.28. The fourth-order valence-electron chi connectivity index (χ4n) is 1.81. The molecule has 1 unspecified atom stereocenters. The Kier molecular flexibility index (Phi) is 4.16. The second-order valence-corrected chi connectivity index (χ2v) is 4.76. The van der Waals surface area contributed by atoms with Crippen molar-refractivity contribution in [2.24, 2.45) is 11.7 Å². The zero-order chi connectivity index (χ0) is 13.8. The molecule has 19 heavy (non-hydrogen) atoms. The molecule has 0 spiro atoms. The van der Waals surface area contributed by atoms with Crippen LogP contribution in [-0.2, 0) is 6.42 Å². The van der Waals surface area contributed by atoms with Crippen LogP contribution in [0.5, 0.6) is 5.75 Å². The van der Waals surface area contributed by atoms with Gasteiger partial charge in [-0.3, -0.25) is 0 Å². The van der Waals surface area contributed by atoms with Gasteiger partial charge in [0.05, 0.1) is 12.7 Å². The Hall–Kier alpha value is -1.88. The molecule has 2 aromatic rings. The van der Waals surface area contributed by atoms with E-state index in [4.69, 9.17) is 15.0 Å². The van der Waals surface area contributed by atoms with Crippen LogP contribution in [0.4, 0.5) is 0 Å². The van der Waals surface area contributed by atoms with Crippen LogP contribution >= 0.6 is 0 Å². The highest BCUT2D eigenvalue weighted by molar-refractivity contribution is 5.64. The minimum atomic E-state index is 0.327. The molecule has 2 rings (SSSR count). The topological polar surface area (TPSA) is 74.2 Å². The minimum Gasteiger partial charge on any atom is -0.496 e. The van der Waals surface area contributed by atoms with Crippen LogP contribution in [0.3, 0.4) is 0 Å². The van der Waals surface area contributed by atoms with Crippen molar-refractivity contribution in [1.29, 1.82) is 0 Å². The molecule has 0 radical (unpaired) electrons. The number of benzene rings is 1. The van der Waals surface area contributed by atoms with Crippen LogP contribution in [0, 0.1) is 12.8 Å². The fraction of sp³-hybridized carbons (Fsp3) is 0.429. The number of ether oxygens (including phenoxy) is 1. The molecule has 1 aromatic carbocycles. The standard InChI is InChI=1S/C14H19N3O2/c1-9-4-5-11(12(6-9)18-3)14-16-13(19-17-14)7-10(2)8-15/h4-6,10H,7-8,15H2,1-3H3. The van der Waals surface area contributed by atoms with E-state index in [0.717, 1.165) is 16.9 Å². The Balaban J connectivity index is 2.27. The Morgan fingerprint density at radius 2 is 2.21 bits per heavy atom. The van der Waals surface area contributed by atoms with Crippen LogP contribution < -0.4 is 10.5 Å². The Labute approximate surface area is 112 Å². The molecule has 1 heterocycles. The van der Waals surface area contributed by atoms with E-state index in [9.17, 15) is 0 Å². The first kappa shape index (κ1) is 13.5. The number of aryl methyl sites for hydroxylation is 1. The first-order valence-corrected chi connectivity index (χ1v) is 6.31. The van der Waals surface area contributed by atoms with Crippen LogP contribution in [0.2, 0.25) is 0 Å². The maximum atomic E-state index is 5.59. The summed E-state index contributed by atoms with van der Waals surface area (Å²) in [6.07, 6.45) is 0.692. The molecule has 0 bridgehead atoms. The smallest absolute Gasteiger partial charge is 0.227 e. The highest BCUT2D eigenvalue weighted by Gasteiger charge is 2.14. The van der Waals surface area contributed by atoms with Crippen molar-refractivity contribution in [3.05, 3.63) is 29.7 Å². The van der Waals surface area contributed by atoms with Gasteiger partial charge in [0, 0.05) is 6.42 Å². The monoisotopic (exact) mass is 261 g/mol. The average Bonchev–Trinajstić information content (AvgIpc) is 2.86. The van der Waals surface area contributed by atoms with Gasteiger partial charge in [0.15, 0.2) is 0 Å². The van der Waals surface area contributed by atoms with E-state index < -0.39 is 0 Å². The lowest BCUT2D eigenvalue weighted by molar-refractivity contribution is 0.359. The molecule has 0 saturated heterocycles. The molecule has 2 N–H and O–H groups in total. The lowest BCUT2D eigenvalue weighted by Gasteiger charge is -2.05. The Morgan fingerprint density at radius 3 is 2.89 bits per heavy atom. The fourth-order valence-corrected chi connectivity index (χ4v) is 1.81. The van der Waals surface area contributed by atoms with E-state index in [1.165, 1.54) is 0 Å². The van der Waals surface area contributed by atoms with Gasteiger partial charge in [-0.25, -0.2) is 0 Å². The molecule has 0 aliphatic heterocycles. The summed E-state index contributed by atoms with van der Waals surface area (Å²) in [5.41, 5.74) is 7.55. The number of hydrogen-bond acceptors (Lipinski definition) is 5. The number of nitrogens with zero attached hydrogens (tertiary/aromatic N) is 2. The van der Waals surface area contributed by atoms with Gasteiger partial charge in [-0.05, 0) is 37.1 Å². The summed E-state index contributed by atoms with van der Waals surface area (Å²) in [5, 5.41) is 4.01. The van der Waals surface area contributed by atoms with Gasteiger partial charge in [0.1, 0.15) is 5.75 Å². The summed E-state index contributed by atoms with van der Waals surface area (Å²) >= 11 is 0. The maximum absolute atomic E-state index is 5.59. The molecule has 0 fully saturated rings. The van der Waals surface area contributed by atoms with E-state index in [2.05, 4.69) is 17.1 Å². The normalized spacial score (nSPS) is 12.4. The number of aromatic nitrogens is 2. The molecule has 0 aliphatic carbocycles. The third kappa shape index (κ3) is 3.12. The van der Waals surface area contributed by atoms with Gasteiger partial charge in [-0.1, -0.05) is 18.1 Å². The lowest BCUT2D eigenvalue weighted by atomic mass is 10.1. The van der Waals surface area contributed by atoms with Gasteiger partial charge in [-0.2, -0.15) is 4.98 Å². The molecule has 0 saturated carbocycles. The summed E-state index contributed by atoms with van der Waals surface area (Å²) in [6.45, 7) is 4.67. The summed E-state index contributed by atoms with van der Waals surface area (Å²) in [7, 11) is 1.63. The predicted molar refractivity (Wildman–Crippen MR) is 72.9 cm³/mol. The quantitative estimate of drug-likeness (QED) is 0.893. The van der Waals surface area contributed by atoms with Crippen LogP contribution in [0.1, 0.15) is 18.4 Å². The van der Waals surface area contributed by atoms with Crippen molar-refractivity contribution >= 4 is 0 Å². The molecule has 1 atom stereocenters. The SMILES string of the molecule is COc1cc(C)ccc1-c1noc(CC(C)CN)n1. The lowest BCUT2D eigenvalue weighted by Crippen LogP contribution is -2.13. The molecule has 102 valence electrons. The van der Waals surface area contributed by atoms with Crippen LogP contribution in [0.15, 0.2) is 22.7 Å². The second-order valence-electron chi connectivity index (χ2n) is 4.76. The van der Waals surface area contributed by atoms with E-state index in [1.807, 2.05) is 25.1 Å². The largest absolute Gasteiger partial charge is 0.496 e. The first-order chi connectivity index (χ1) is 9.13. The minimum absolute atomic E-state index is 0.327. The summed E-state index contributed by atoms with van der Waals surface area (Å²) < 4.78 is 10.6. The molecule has 1 aromatic heterocycles. The second kappa shape index (κ2) is 5.84. The van der Waals surface area contributed by atoms with Crippen molar-refractivity contribution in [3.63, 3.8) is 0 Å². The van der Waals surface area contributed by atoms with Crippen molar-refractivity contribution in [1.82, 2.24) is 10.1 Å². The number of rotatable bonds is 5. The van der Waals surface area contributed by atoms with E-state index in [-0.39, 0.29) is 0 Å². The molecular weight excluding hydrogens is 242 g/mol. The summed E-state index contributed by atoms with van der Waals surface area (Å²) in [5.74, 6) is 2.24. The first-order valence-electron chi connectivity index (χ1n) is 6.31. The van der Waals surface area contributed by atoms with Crippen molar-refractivity contribution < 1.29 is 9.26 Å². The maximum Gasteiger partial charge on any atom is 0.227 e. The zero-order valence-electron chi connectivity index (χ0n) is 11.5. The number of hydrogen-bond donors (Lipinski definition) is 1. The summed E-state index contributed by atoms with van der Waals surface area (Å²) in [4.78, 5) is 4.39. The number of methoxy groups -OCH3 is 1. The van der Waals surface area contributed by atoms with E-state index >= 15 is 0 Å². The molecule has 5 heteroatoms.